The number of benzene rings is 1. The van der Waals surface area contributed by atoms with E-state index in [1.807, 2.05) is 30.0 Å². The first-order valence-electron chi connectivity index (χ1n) is 11.4. The fourth-order valence-electron chi connectivity index (χ4n) is 4.18. The monoisotopic (exact) mass is 441 g/mol. The number of piperidine rings is 1. The zero-order valence-electron chi connectivity index (χ0n) is 18.6. The number of aromatic nitrogens is 2. The molecule has 2 saturated heterocycles. The van der Waals surface area contributed by atoms with Crippen LogP contribution in [0.3, 0.4) is 0 Å². The first kappa shape index (κ1) is 22.3. The van der Waals surface area contributed by atoms with Crippen LogP contribution in [0.2, 0.25) is 0 Å². The summed E-state index contributed by atoms with van der Waals surface area (Å²) in [4.78, 5) is 19.9. The molecule has 0 amide bonds. The number of hydrogen-bond donors (Lipinski definition) is 2. The van der Waals surface area contributed by atoms with Crippen molar-refractivity contribution in [3.05, 3.63) is 48.0 Å². The summed E-state index contributed by atoms with van der Waals surface area (Å²) in [5.41, 5.74) is 1.45. The Labute approximate surface area is 188 Å². The summed E-state index contributed by atoms with van der Waals surface area (Å²) in [6.45, 7) is 7.88. The van der Waals surface area contributed by atoms with Crippen molar-refractivity contribution in [2.45, 2.75) is 32.4 Å². The molecule has 0 bridgehead atoms. The zero-order chi connectivity index (χ0) is 22.3. The number of piperazine rings is 1. The molecule has 4 rings (SSSR count). The third-order valence-electron chi connectivity index (χ3n) is 5.98. The lowest BCUT2D eigenvalue weighted by Gasteiger charge is -2.36. The van der Waals surface area contributed by atoms with Crippen molar-refractivity contribution in [1.82, 2.24) is 20.2 Å². The number of aliphatic hydroxyl groups excluding tert-OH is 1. The molecule has 3 heterocycles. The minimum atomic E-state index is -0.269. The molecule has 2 N–H and O–H groups in total. The van der Waals surface area contributed by atoms with Crippen LogP contribution in [0.4, 0.5) is 16.0 Å². The molecule has 0 radical (unpaired) electrons. The van der Waals surface area contributed by atoms with E-state index in [2.05, 4.69) is 25.1 Å². The SMILES string of the molecule is CCNC(=NCc1ccc(N2CCC(O)CC2)c(F)c1)N1CCN(c2ncccn2)CC1. The van der Waals surface area contributed by atoms with Gasteiger partial charge in [0.1, 0.15) is 5.82 Å². The molecule has 172 valence electrons. The van der Waals surface area contributed by atoms with Crippen molar-refractivity contribution >= 4 is 17.6 Å². The highest BCUT2D eigenvalue weighted by Gasteiger charge is 2.22. The first-order valence-corrected chi connectivity index (χ1v) is 11.4. The molecule has 2 aromatic rings. The minimum Gasteiger partial charge on any atom is -0.393 e. The Morgan fingerprint density at radius 3 is 2.47 bits per heavy atom. The second-order valence-corrected chi connectivity index (χ2v) is 8.20. The van der Waals surface area contributed by atoms with Crippen LogP contribution in [0.25, 0.3) is 0 Å². The average molecular weight is 442 g/mol. The van der Waals surface area contributed by atoms with Crippen LogP contribution in [-0.2, 0) is 6.54 Å². The lowest BCUT2D eigenvalue weighted by molar-refractivity contribution is 0.145. The number of aliphatic imine (C=N–C) groups is 1. The normalized spacial score (nSPS) is 18.2. The number of nitrogens with zero attached hydrogens (tertiary/aromatic N) is 6. The van der Waals surface area contributed by atoms with Gasteiger partial charge in [0.2, 0.25) is 5.95 Å². The summed E-state index contributed by atoms with van der Waals surface area (Å²) in [6, 6.07) is 7.19. The number of aliphatic hydroxyl groups is 1. The molecular formula is C23H32FN7O. The van der Waals surface area contributed by atoms with Crippen molar-refractivity contribution < 1.29 is 9.50 Å². The topological polar surface area (TPSA) is 80.1 Å². The van der Waals surface area contributed by atoms with Crippen LogP contribution in [0.5, 0.6) is 0 Å². The number of guanidine groups is 1. The van der Waals surface area contributed by atoms with E-state index in [1.165, 1.54) is 0 Å². The van der Waals surface area contributed by atoms with Gasteiger partial charge in [0.05, 0.1) is 18.3 Å². The Balaban J connectivity index is 1.37. The van der Waals surface area contributed by atoms with Gasteiger partial charge in [-0.1, -0.05) is 6.07 Å². The number of nitrogens with one attached hydrogen (secondary N) is 1. The number of rotatable bonds is 5. The predicted molar refractivity (Wildman–Crippen MR) is 124 cm³/mol. The van der Waals surface area contributed by atoms with Crippen LogP contribution < -0.4 is 15.1 Å². The molecule has 8 nitrogen and oxygen atoms in total. The lowest BCUT2D eigenvalue weighted by atomic mass is 10.1. The summed E-state index contributed by atoms with van der Waals surface area (Å²) in [6.07, 6.45) is 4.62. The second kappa shape index (κ2) is 10.6. The standard InChI is InChI=1S/C23H32FN7O/c1-2-25-22(30-12-14-31(15-13-30)23-26-8-3-9-27-23)28-17-18-4-5-21(20(24)16-18)29-10-6-19(32)7-11-29/h3-5,8-9,16,19,32H,2,6-7,10-15,17H2,1H3,(H,25,28). The summed E-state index contributed by atoms with van der Waals surface area (Å²) in [7, 11) is 0. The summed E-state index contributed by atoms with van der Waals surface area (Å²) in [5.74, 6) is 1.37. The fraction of sp³-hybridized carbons (Fsp3) is 0.522. The van der Waals surface area contributed by atoms with Gasteiger partial charge >= 0.3 is 0 Å². The molecule has 1 aromatic carbocycles. The number of halogens is 1. The van der Waals surface area contributed by atoms with Crippen molar-refractivity contribution in [2.24, 2.45) is 4.99 Å². The first-order chi connectivity index (χ1) is 15.6. The maximum absolute atomic E-state index is 14.8. The Hall–Kier alpha value is -2.94. The Bertz CT molecular complexity index is 894. The maximum Gasteiger partial charge on any atom is 0.225 e. The van der Waals surface area contributed by atoms with Crippen molar-refractivity contribution in [1.29, 1.82) is 0 Å². The molecule has 2 aliphatic heterocycles. The average Bonchev–Trinajstić information content (AvgIpc) is 2.83. The summed E-state index contributed by atoms with van der Waals surface area (Å²) < 4.78 is 14.8. The molecule has 2 fully saturated rings. The Morgan fingerprint density at radius 2 is 1.81 bits per heavy atom. The van der Waals surface area contributed by atoms with Gasteiger partial charge in [0.15, 0.2) is 5.96 Å². The summed E-state index contributed by atoms with van der Waals surface area (Å²) in [5, 5.41) is 13.0. The molecule has 0 atom stereocenters. The molecule has 1 aromatic heterocycles. The van der Waals surface area contributed by atoms with Gasteiger partial charge in [-0.25, -0.2) is 19.4 Å². The van der Waals surface area contributed by atoms with Crippen molar-refractivity contribution in [3.8, 4) is 0 Å². The van der Waals surface area contributed by atoms with Crippen LogP contribution in [-0.4, -0.2) is 77.9 Å². The highest BCUT2D eigenvalue weighted by Crippen LogP contribution is 2.24. The third-order valence-corrected chi connectivity index (χ3v) is 5.98. The zero-order valence-corrected chi connectivity index (χ0v) is 18.6. The molecule has 0 spiro atoms. The van der Waals surface area contributed by atoms with E-state index >= 15 is 0 Å². The third kappa shape index (κ3) is 5.45. The minimum absolute atomic E-state index is 0.226. The molecule has 9 heteroatoms. The second-order valence-electron chi connectivity index (χ2n) is 8.20. The van der Waals surface area contributed by atoms with Crippen LogP contribution in [0, 0.1) is 5.82 Å². The van der Waals surface area contributed by atoms with Gasteiger partial charge in [-0.15, -0.1) is 0 Å². The molecule has 0 unspecified atom stereocenters. The molecule has 0 aliphatic carbocycles. The van der Waals surface area contributed by atoms with E-state index in [-0.39, 0.29) is 11.9 Å². The molecule has 32 heavy (non-hydrogen) atoms. The number of hydrogen-bond acceptors (Lipinski definition) is 6. The van der Waals surface area contributed by atoms with E-state index in [0.717, 1.165) is 50.2 Å². The van der Waals surface area contributed by atoms with Crippen molar-refractivity contribution in [2.75, 3.05) is 55.6 Å². The van der Waals surface area contributed by atoms with Gasteiger partial charge in [-0.2, -0.15) is 0 Å². The highest BCUT2D eigenvalue weighted by atomic mass is 19.1. The van der Waals surface area contributed by atoms with E-state index in [0.29, 0.717) is 38.2 Å². The Morgan fingerprint density at radius 1 is 1.09 bits per heavy atom. The smallest absolute Gasteiger partial charge is 0.225 e. The van der Waals surface area contributed by atoms with Gasteiger partial charge < -0.3 is 25.1 Å². The van der Waals surface area contributed by atoms with Gasteiger partial charge in [-0.3, -0.25) is 0 Å². The van der Waals surface area contributed by atoms with Crippen molar-refractivity contribution in [3.63, 3.8) is 0 Å². The van der Waals surface area contributed by atoms with E-state index in [9.17, 15) is 9.50 Å². The van der Waals surface area contributed by atoms with Gasteiger partial charge in [-0.05, 0) is 43.5 Å². The van der Waals surface area contributed by atoms with Gasteiger partial charge in [0, 0.05) is 58.2 Å². The molecular weight excluding hydrogens is 409 g/mol. The van der Waals surface area contributed by atoms with E-state index in [1.54, 1.807) is 18.5 Å². The van der Waals surface area contributed by atoms with E-state index < -0.39 is 0 Å². The number of anilines is 2. The van der Waals surface area contributed by atoms with Gasteiger partial charge in [0.25, 0.3) is 0 Å². The van der Waals surface area contributed by atoms with Crippen LogP contribution in [0.15, 0.2) is 41.7 Å². The van der Waals surface area contributed by atoms with Crippen LogP contribution >= 0.6 is 0 Å². The molecule has 0 saturated carbocycles. The lowest BCUT2D eigenvalue weighted by Crippen LogP contribution is -2.52. The van der Waals surface area contributed by atoms with Crippen LogP contribution in [0.1, 0.15) is 25.3 Å². The highest BCUT2D eigenvalue weighted by molar-refractivity contribution is 5.80. The quantitative estimate of drug-likeness (QED) is 0.542. The maximum atomic E-state index is 14.8. The molecule has 2 aliphatic rings. The largest absolute Gasteiger partial charge is 0.393 e. The predicted octanol–water partition coefficient (Wildman–Crippen LogP) is 1.86. The fourth-order valence-corrected chi connectivity index (χ4v) is 4.18. The Kier molecular flexibility index (Phi) is 7.36. The summed E-state index contributed by atoms with van der Waals surface area (Å²) >= 11 is 0. The van der Waals surface area contributed by atoms with E-state index in [4.69, 9.17) is 4.99 Å².